The summed E-state index contributed by atoms with van der Waals surface area (Å²) in [5.41, 5.74) is 5.55. The van der Waals surface area contributed by atoms with E-state index in [1.807, 2.05) is 4.90 Å². The normalized spacial score (nSPS) is 23.7. The largest absolute Gasteiger partial charge is 0.338 e. The van der Waals surface area contributed by atoms with E-state index in [4.69, 9.17) is 5.73 Å². The van der Waals surface area contributed by atoms with Crippen LogP contribution in [0.3, 0.4) is 0 Å². The highest BCUT2D eigenvalue weighted by atomic mass is 16.2. The zero-order valence-corrected chi connectivity index (χ0v) is 8.84. The van der Waals surface area contributed by atoms with Crippen LogP contribution in [-0.4, -0.2) is 29.9 Å². The molecule has 3 heteroatoms. The molecular weight excluding hydrogens is 164 g/mol. The molecule has 1 heterocycles. The van der Waals surface area contributed by atoms with Gasteiger partial charge in [0.1, 0.15) is 0 Å². The smallest absolute Gasteiger partial charge is 0.236 e. The Kier molecular flexibility index (Phi) is 2.96. The monoisotopic (exact) mass is 184 g/mol. The lowest BCUT2D eigenvalue weighted by atomic mass is 9.85. The van der Waals surface area contributed by atoms with Gasteiger partial charge in [0.15, 0.2) is 0 Å². The molecule has 0 spiro atoms. The summed E-state index contributed by atoms with van der Waals surface area (Å²) in [6, 6.07) is 0.378. The third-order valence-corrected chi connectivity index (χ3v) is 2.75. The van der Waals surface area contributed by atoms with Gasteiger partial charge in [0.05, 0.1) is 6.54 Å². The summed E-state index contributed by atoms with van der Waals surface area (Å²) in [6.07, 6.45) is 2.24. The van der Waals surface area contributed by atoms with Gasteiger partial charge in [-0.3, -0.25) is 4.79 Å². The minimum absolute atomic E-state index is 0.0948. The summed E-state index contributed by atoms with van der Waals surface area (Å²) < 4.78 is 0. The van der Waals surface area contributed by atoms with Crippen LogP contribution in [0.25, 0.3) is 0 Å². The average molecular weight is 184 g/mol. The zero-order chi connectivity index (χ0) is 10.1. The van der Waals surface area contributed by atoms with Gasteiger partial charge in [-0.05, 0) is 18.3 Å². The summed E-state index contributed by atoms with van der Waals surface area (Å²) in [5.74, 6) is 0.0948. The van der Waals surface area contributed by atoms with Crippen molar-refractivity contribution < 1.29 is 4.79 Å². The first-order chi connectivity index (χ1) is 5.96. The van der Waals surface area contributed by atoms with Crippen molar-refractivity contribution in [1.29, 1.82) is 0 Å². The fourth-order valence-corrected chi connectivity index (χ4v) is 2.08. The third-order valence-electron chi connectivity index (χ3n) is 2.75. The number of hydrogen-bond acceptors (Lipinski definition) is 2. The van der Waals surface area contributed by atoms with Gasteiger partial charge in [-0.1, -0.05) is 20.8 Å². The van der Waals surface area contributed by atoms with E-state index in [0.29, 0.717) is 6.04 Å². The highest BCUT2D eigenvalue weighted by Crippen LogP contribution is 2.32. The van der Waals surface area contributed by atoms with E-state index >= 15 is 0 Å². The molecule has 1 aliphatic heterocycles. The van der Waals surface area contributed by atoms with E-state index in [1.54, 1.807) is 0 Å². The highest BCUT2D eigenvalue weighted by molar-refractivity contribution is 5.78. The van der Waals surface area contributed by atoms with Crippen molar-refractivity contribution in [1.82, 2.24) is 4.90 Å². The van der Waals surface area contributed by atoms with Gasteiger partial charge < -0.3 is 10.6 Å². The van der Waals surface area contributed by atoms with Gasteiger partial charge in [-0.15, -0.1) is 0 Å². The summed E-state index contributed by atoms with van der Waals surface area (Å²) in [7, 11) is 0. The number of amides is 1. The molecule has 0 aliphatic carbocycles. The molecule has 0 aromatic rings. The molecule has 0 bridgehead atoms. The average Bonchev–Trinajstić information content (AvgIpc) is 2.49. The highest BCUT2D eigenvalue weighted by Gasteiger charge is 2.35. The quantitative estimate of drug-likeness (QED) is 0.660. The Morgan fingerprint density at radius 2 is 2.15 bits per heavy atom. The molecule has 1 amide bonds. The Labute approximate surface area is 80.3 Å². The second-order valence-electron chi connectivity index (χ2n) is 4.82. The SMILES string of the molecule is CC(C)(C)[C@@H]1CCCN1C(=O)CN. The minimum Gasteiger partial charge on any atom is -0.338 e. The number of nitrogens with zero attached hydrogens (tertiary/aromatic N) is 1. The third kappa shape index (κ3) is 2.21. The van der Waals surface area contributed by atoms with E-state index in [-0.39, 0.29) is 17.9 Å². The molecule has 0 aromatic heterocycles. The summed E-state index contributed by atoms with van der Waals surface area (Å²) >= 11 is 0. The van der Waals surface area contributed by atoms with Crippen LogP contribution in [0.2, 0.25) is 0 Å². The van der Waals surface area contributed by atoms with Crippen LogP contribution in [0, 0.1) is 5.41 Å². The molecule has 3 nitrogen and oxygen atoms in total. The second kappa shape index (κ2) is 3.66. The minimum atomic E-state index is 0.0948. The molecule has 13 heavy (non-hydrogen) atoms. The van der Waals surface area contributed by atoms with Crippen LogP contribution in [0.4, 0.5) is 0 Å². The van der Waals surface area contributed by atoms with Crippen molar-refractivity contribution in [3.05, 3.63) is 0 Å². The van der Waals surface area contributed by atoms with E-state index < -0.39 is 0 Å². The van der Waals surface area contributed by atoms with Gasteiger partial charge in [0.2, 0.25) is 5.91 Å². The number of carbonyl (C=O) groups excluding carboxylic acids is 1. The maximum atomic E-state index is 11.5. The fraction of sp³-hybridized carbons (Fsp3) is 0.900. The second-order valence-corrected chi connectivity index (χ2v) is 4.82. The van der Waals surface area contributed by atoms with Crippen LogP contribution in [0.15, 0.2) is 0 Å². The summed E-state index contributed by atoms with van der Waals surface area (Å²) in [6.45, 7) is 7.57. The van der Waals surface area contributed by atoms with Crippen LogP contribution >= 0.6 is 0 Å². The Bertz CT molecular complexity index is 196. The van der Waals surface area contributed by atoms with Crippen molar-refractivity contribution in [2.24, 2.45) is 11.1 Å². The molecule has 1 saturated heterocycles. The molecule has 76 valence electrons. The van der Waals surface area contributed by atoms with Gasteiger partial charge in [-0.2, -0.15) is 0 Å². The van der Waals surface area contributed by atoms with Crippen LogP contribution in [0.5, 0.6) is 0 Å². The number of likely N-dealkylation sites (tertiary alicyclic amines) is 1. The predicted molar refractivity (Wildman–Crippen MR) is 53.2 cm³/mol. The number of carbonyl (C=O) groups is 1. The van der Waals surface area contributed by atoms with Gasteiger partial charge in [-0.25, -0.2) is 0 Å². The maximum absolute atomic E-state index is 11.5. The molecule has 0 saturated carbocycles. The fourth-order valence-electron chi connectivity index (χ4n) is 2.08. The van der Waals surface area contributed by atoms with Gasteiger partial charge in [0.25, 0.3) is 0 Å². The molecular formula is C10H20N2O. The van der Waals surface area contributed by atoms with E-state index in [2.05, 4.69) is 20.8 Å². The van der Waals surface area contributed by atoms with Crippen molar-refractivity contribution >= 4 is 5.91 Å². The molecule has 0 aromatic carbocycles. The Balaban J connectivity index is 2.70. The lowest BCUT2D eigenvalue weighted by molar-refractivity contribution is -0.132. The Hall–Kier alpha value is -0.570. The van der Waals surface area contributed by atoms with Crippen LogP contribution < -0.4 is 5.73 Å². The summed E-state index contributed by atoms with van der Waals surface area (Å²) in [4.78, 5) is 13.4. The first-order valence-electron chi connectivity index (χ1n) is 4.96. The first kappa shape index (κ1) is 10.5. The van der Waals surface area contributed by atoms with E-state index in [9.17, 15) is 4.79 Å². The maximum Gasteiger partial charge on any atom is 0.236 e. The Morgan fingerprint density at radius 1 is 1.54 bits per heavy atom. The van der Waals surface area contributed by atoms with E-state index in [1.165, 1.54) is 0 Å². The predicted octanol–water partition coefficient (Wildman–Crippen LogP) is 0.982. The lowest BCUT2D eigenvalue weighted by Gasteiger charge is -2.34. The molecule has 1 atom stereocenters. The summed E-state index contributed by atoms with van der Waals surface area (Å²) in [5, 5.41) is 0. The number of hydrogen-bond donors (Lipinski definition) is 1. The molecule has 2 N–H and O–H groups in total. The van der Waals surface area contributed by atoms with Crippen LogP contribution in [-0.2, 0) is 4.79 Å². The van der Waals surface area contributed by atoms with Crippen molar-refractivity contribution in [2.75, 3.05) is 13.1 Å². The molecule has 1 fully saturated rings. The topological polar surface area (TPSA) is 46.3 Å². The standard InChI is InChI=1S/C10H20N2O/c1-10(2,3)8-5-4-6-12(8)9(13)7-11/h8H,4-7,11H2,1-3H3/t8-/m0/s1. The van der Waals surface area contributed by atoms with Crippen molar-refractivity contribution in [3.8, 4) is 0 Å². The molecule has 0 radical (unpaired) electrons. The lowest BCUT2D eigenvalue weighted by Crippen LogP contribution is -2.45. The Morgan fingerprint density at radius 3 is 2.62 bits per heavy atom. The zero-order valence-electron chi connectivity index (χ0n) is 8.84. The number of nitrogens with two attached hydrogens (primary N) is 1. The van der Waals surface area contributed by atoms with Crippen molar-refractivity contribution in [2.45, 2.75) is 39.7 Å². The molecule has 0 unspecified atom stereocenters. The van der Waals surface area contributed by atoms with Crippen LogP contribution in [0.1, 0.15) is 33.6 Å². The van der Waals surface area contributed by atoms with Gasteiger partial charge >= 0.3 is 0 Å². The van der Waals surface area contributed by atoms with E-state index in [0.717, 1.165) is 19.4 Å². The van der Waals surface area contributed by atoms with Crippen molar-refractivity contribution in [3.63, 3.8) is 0 Å². The number of rotatable bonds is 1. The molecule has 1 aliphatic rings. The van der Waals surface area contributed by atoms with Gasteiger partial charge in [0, 0.05) is 12.6 Å². The molecule has 1 rings (SSSR count). The first-order valence-corrected chi connectivity index (χ1v) is 4.96.